The molecule has 1 amide bonds. The molecule has 1 aliphatic rings. The first-order valence-corrected chi connectivity index (χ1v) is 9.37. The standard InChI is InChI=1S/C16H25N3O3S/c1-4-9-16(3,17)15(20)18-13-6-5-11(2)14(10-13)23(21,22)19-12-7-8-12/h5-6,10,12,19H,4,7-9,17H2,1-3H3,(H,18,20). The second kappa shape index (κ2) is 6.59. The van der Waals surface area contributed by atoms with Gasteiger partial charge in [-0.2, -0.15) is 0 Å². The largest absolute Gasteiger partial charge is 0.324 e. The van der Waals surface area contributed by atoms with Crippen LogP contribution in [0.1, 0.15) is 45.1 Å². The molecule has 0 aromatic heterocycles. The van der Waals surface area contributed by atoms with Crippen LogP contribution >= 0.6 is 0 Å². The minimum atomic E-state index is -3.56. The number of anilines is 1. The Bertz CT molecular complexity index is 695. The highest BCUT2D eigenvalue weighted by Crippen LogP contribution is 2.25. The van der Waals surface area contributed by atoms with Crippen molar-refractivity contribution in [3.05, 3.63) is 23.8 Å². The number of carbonyl (C=O) groups excluding carboxylic acids is 1. The van der Waals surface area contributed by atoms with E-state index >= 15 is 0 Å². The van der Waals surface area contributed by atoms with Crippen LogP contribution in [-0.4, -0.2) is 25.9 Å². The summed E-state index contributed by atoms with van der Waals surface area (Å²) in [7, 11) is -3.56. The zero-order valence-corrected chi connectivity index (χ0v) is 14.7. The fourth-order valence-electron chi connectivity index (χ4n) is 2.36. The first-order valence-electron chi connectivity index (χ1n) is 7.89. The maximum absolute atomic E-state index is 12.4. The van der Waals surface area contributed by atoms with Gasteiger partial charge in [-0.3, -0.25) is 4.79 Å². The van der Waals surface area contributed by atoms with Crippen LogP contribution in [-0.2, 0) is 14.8 Å². The van der Waals surface area contributed by atoms with Crippen molar-refractivity contribution >= 4 is 21.6 Å². The van der Waals surface area contributed by atoms with E-state index in [9.17, 15) is 13.2 Å². The van der Waals surface area contributed by atoms with Crippen molar-refractivity contribution in [3.63, 3.8) is 0 Å². The van der Waals surface area contributed by atoms with Crippen LogP contribution in [0, 0.1) is 6.92 Å². The summed E-state index contributed by atoms with van der Waals surface area (Å²) in [5.74, 6) is -0.318. The van der Waals surface area contributed by atoms with Crippen molar-refractivity contribution in [2.24, 2.45) is 5.73 Å². The predicted octanol–water partition coefficient (Wildman–Crippen LogP) is 1.89. The first kappa shape index (κ1) is 17.9. The summed E-state index contributed by atoms with van der Waals surface area (Å²) in [6.07, 6.45) is 3.09. The third kappa shape index (κ3) is 4.53. The number of aryl methyl sites for hydroxylation is 1. The van der Waals surface area contributed by atoms with Gasteiger partial charge in [0.15, 0.2) is 0 Å². The second-order valence-corrected chi connectivity index (χ2v) is 8.18. The number of nitrogens with one attached hydrogen (secondary N) is 2. The van der Waals surface area contributed by atoms with E-state index in [0.717, 1.165) is 19.3 Å². The van der Waals surface area contributed by atoms with Gasteiger partial charge in [-0.1, -0.05) is 19.4 Å². The van der Waals surface area contributed by atoms with Gasteiger partial charge in [-0.15, -0.1) is 0 Å². The van der Waals surface area contributed by atoms with Crippen LogP contribution < -0.4 is 15.8 Å². The summed E-state index contributed by atoms with van der Waals surface area (Å²) in [4.78, 5) is 12.4. The molecular weight excluding hydrogens is 314 g/mol. The Morgan fingerprint density at radius 3 is 2.61 bits per heavy atom. The Morgan fingerprint density at radius 1 is 1.39 bits per heavy atom. The molecule has 128 valence electrons. The van der Waals surface area contributed by atoms with E-state index in [1.165, 1.54) is 6.07 Å². The van der Waals surface area contributed by atoms with E-state index in [0.29, 0.717) is 17.7 Å². The van der Waals surface area contributed by atoms with E-state index in [2.05, 4.69) is 10.0 Å². The monoisotopic (exact) mass is 339 g/mol. The molecule has 1 aliphatic carbocycles. The highest BCUT2D eigenvalue weighted by molar-refractivity contribution is 7.89. The van der Waals surface area contributed by atoms with Crippen molar-refractivity contribution < 1.29 is 13.2 Å². The summed E-state index contributed by atoms with van der Waals surface area (Å²) in [6, 6.07) is 4.89. The van der Waals surface area contributed by atoms with E-state index in [4.69, 9.17) is 5.73 Å². The SMILES string of the molecule is CCCC(C)(N)C(=O)Nc1ccc(C)c(S(=O)(=O)NC2CC2)c1. The van der Waals surface area contributed by atoms with Crippen molar-refractivity contribution in [2.75, 3.05) is 5.32 Å². The summed E-state index contributed by atoms with van der Waals surface area (Å²) < 4.78 is 27.4. The molecule has 0 saturated heterocycles. The van der Waals surface area contributed by atoms with Crippen molar-refractivity contribution in [2.45, 2.75) is 62.9 Å². The van der Waals surface area contributed by atoms with Gasteiger partial charge in [0.05, 0.1) is 10.4 Å². The summed E-state index contributed by atoms with van der Waals surface area (Å²) in [6.45, 7) is 5.36. The quantitative estimate of drug-likeness (QED) is 0.706. The topological polar surface area (TPSA) is 101 Å². The first-order chi connectivity index (χ1) is 10.7. The highest BCUT2D eigenvalue weighted by atomic mass is 32.2. The minimum absolute atomic E-state index is 0.0366. The lowest BCUT2D eigenvalue weighted by molar-refractivity contribution is -0.120. The molecule has 0 heterocycles. The molecule has 1 unspecified atom stereocenters. The van der Waals surface area contributed by atoms with Gasteiger partial charge >= 0.3 is 0 Å². The number of sulfonamides is 1. The molecule has 7 heteroatoms. The predicted molar refractivity (Wildman–Crippen MR) is 90.7 cm³/mol. The maximum atomic E-state index is 12.4. The number of nitrogens with two attached hydrogens (primary N) is 1. The Kier molecular flexibility index (Phi) is 5.13. The van der Waals surface area contributed by atoms with E-state index in [-0.39, 0.29) is 16.8 Å². The maximum Gasteiger partial charge on any atom is 0.244 e. The van der Waals surface area contributed by atoms with Gasteiger partial charge in [-0.05, 0) is 50.8 Å². The molecule has 0 radical (unpaired) electrons. The van der Waals surface area contributed by atoms with Crippen molar-refractivity contribution in [1.82, 2.24) is 4.72 Å². The summed E-state index contributed by atoms with van der Waals surface area (Å²) >= 11 is 0. The highest BCUT2D eigenvalue weighted by Gasteiger charge is 2.30. The molecule has 0 aliphatic heterocycles. The van der Waals surface area contributed by atoms with E-state index < -0.39 is 15.6 Å². The second-order valence-electron chi connectivity index (χ2n) is 6.50. The smallest absolute Gasteiger partial charge is 0.244 e. The van der Waals surface area contributed by atoms with Crippen LogP contribution in [0.4, 0.5) is 5.69 Å². The molecule has 0 bridgehead atoms. The number of rotatable bonds is 7. The number of amides is 1. The summed E-state index contributed by atoms with van der Waals surface area (Å²) in [5, 5.41) is 2.72. The Morgan fingerprint density at radius 2 is 2.04 bits per heavy atom. The van der Waals surface area contributed by atoms with Crippen LogP contribution in [0.15, 0.2) is 23.1 Å². The van der Waals surface area contributed by atoms with Crippen LogP contribution in [0.25, 0.3) is 0 Å². The molecule has 1 saturated carbocycles. The number of hydrogen-bond acceptors (Lipinski definition) is 4. The van der Waals surface area contributed by atoms with Crippen LogP contribution in [0.3, 0.4) is 0 Å². The normalized spacial score (nSPS) is 17.6. The molecule has 1 atom stereocenters. The molecule has 4 N–H and O–H groups in total. The summed E-state index contributed by atoms with van der Waals surface area (Å²) in [5.41, 5.74) is 6.10. The third-order valence-corrected chi connectivity index (χ3v) is 5.59. The average molecular weight is 339 g/mol. The number of benzene rings is 1. The molecule has 6 nitrogen and oxygen atoms in total. The van der Waals surface area contributed by atoms with Gasteiger partial charge in [0.25, 0.3) is 0 Å². The van der Waals surface area contributed by atoms with Crippen LogP contribution in [0.5, 0.6) is 0 Å². The van der Waals surface area contributed by atoms with Gasteiger partial charge in [0.2, 0.25) is 15.9 Å². The Balaban J connectivity index is 2.21. The van der Waals surface area contributed by atoms with Crippen molar-refractivity contribution in [1.29, 1.82) is 0 Å². The van der Waals surface area contributed by atoms with E-state index in [1.54, 1.807) is 26.0 Å². The number of hydrogen-bond donors (Lipinski definition) is 3. The average Bonchev–Trinajstić information content (AvgIpc) is 3.23. The minimum Gasteiger partial charge on any atom is -0.324 e. The zero-order chi connectivity index (χ0) is 17.3. The van der Waals surface area contributed by atoms with Crippen molar-refractivity contribution in [3.8, 4) is 0 Å². The lowest BCUT2D eigenvalue weighted by Crippen LogP contribution is -2.48. The van der Waals surface area contributed by atoms with Gasteiger partial charge in [0, 0.05) is 11.7 Å². The molecule has 2 rings (SSSR count). The zero-order valence-electron chi connectivity index (χ0n) is 13.8. The van der Waals surface area contributed by atoms with Gasteiger partial charge in [-0.25, -0.2) is 13.1 Å². The molecule has 1 aromatic carbocycles. The lowest BCUT2D eigenvalue weighted by Gasteiger charge is -2.23. The molecule has 1 aromatic rings. The molecule has 1 fully saturated rings. The van der Waals surface area contributed by atoms with Gasteiger partial charge < -0.3 is 11.1 Å². The van der Waals surface area contributed by atoms with Gasteiger partial charge in [0.1, 0.15) is 0 Å². The Labute approximate surface area is 137 Å². The van der Waals surface area contributed by atoms with Crippen LogP contribution in [0.2, 0.25) is 0 Å². The third-order valence-electron chi connectivity index (χ3n) is 3.92. The van der Waals surface area contributed by atoms with E-state index in [1.807, 2.05) is 6.92 Å². The molecular formula is C16H25N3O3S. The fraction of sp³-hybridized carbons (Fsp3) is 0.562. The molecule has 0 spiro atoms. The lowest BCUT2D eigenvalue weighted by atomic mass is 9.96. The number of carbonyl (C=O) groups is 1. The fourth-order valence-corrected chi connectivity index (χ4v) is 3.93. The Hall–Kier alpha value is -1.44. The molecule has 23 heavy (non-hydrogen) atoms.